The third-order valence-electron chi connectivity index (χ3n) is 10.6. The van der Waals surface area contributed by atoms with Crippen LogP contribution in [0.4, 0.5) is 28.9 Å². The maximum Gasteiger partial charge on any atom is 0.573 e. The van der Waals surface area contributed by atoms with Crippen LogP contribution in [0.25, 0.3) is 0 Å². The summed E-state index contributed by atoms with van der Waals surface area (Å²) in [5.74, 6) is -9.14. The van der Waals surface area contributed by atoms with Gasteiger partial charge in [-0.2, -0.15) is 0 Å². The van der Waals surface area contributed by atoms with Gasteiger partial charge in [0.2, 0.25) is 23.6 Å². The summed E-state index contributed by atoms with van der Waals surface area (Å²) < 4.78 is 58.2. The molecular formula is C36H29ClF4N2O6. The summed E-state index contributed by atoms with van der Waals surface area (Å²) in [7, 11) is 0. The first-order valence-electron chi connectivity index (χ1n) is 15.7. The second kappa shape index (κ2) is 11.4. The van der Waals surface area contributed by atoms with Gasteiger partial charge in [0.05, 0.1) is 39.6 Å². The summed E-state index contributed by atoms with van der Waals surface area (Å²) in [6, 6.07) is 13.3. The van der Waals surface area contributed by atoms with Gasteiger partial charge in [-0.15, -0.1) is 13.2 Å². The molecule has 2 aliphatic carbocycles. The summed E-state index contributed by atoms with van der Waals surface area (Å²) >= 11 is 6.02. The van der Waals surface area contributed by atoms with Crippen LogP contribution in [0, 0.1) is 34.9 Å². The summed E-state index contributed by atoms with van der Waals surface area (Å²) in [5.41, 5.74) is 0.0188. The Morgan fingerprint density at radius 3 is 2.27 bits per heavy atom. The van der Waals surface area contributed by atoms with Gasteiger partial charge in [0.15, 0.2) is 0 Å². The Morgan fingerprint density at radius 1 is 0.918 bits per heavy atom. The van der Waals surface area contributed by atoms with Crippen molar-refractivity contribution in [1.29, 1.82) is 0 Å². The van der Waals surface area contributed by atoms with E-state index in [2.05, 4.69) is 4.74 Å². The van der Waals surface area contributed by atoms with Crippen molar-refractivity contribution in [3.8, 4) is 11.5 Å². The van der Waals surface area contributed by atoms with Gasteiger partial charge in [-0.05, 0) is 86.2 Å². The van der Waals surface area contributed by atoms with E-state index in [1.807, 2.05) is 19.1 Å². The Hall–Kier alpha value is -4.71. The van der Waals surface area contributed by atoms with Gasteiger partial charge in [-0.1, -0.05) is 42.3 Å². The van der Waals surface area contributed by atoms with E-state index in [1.165, 1.54) is 13.0 Å². The van der Waals surface area contributed by atoms with Crippen LogP contribution in [0.1, 0.15) is 43.7 Å². The van der Waals surface area contributed by atoms with E-state index >= 15 is 0 Å². The number of phenolic OH excluding ortho intramolecular Hbond substituents is 1. The molecule has 2 aliphatic heterocycles. The van der Waals surface area contributed by atoms with Gasteiger partial charge in [0, 0.05) is 11.5 Å². The van der Waals surface area contributed by atoms with Crippen LogP contribution in [-0.4, -0.2) is 35.1 Å². The summed E-state index contributed by atoms with van der Waals surface area (Å²) in [6.45, 7) is 3.47. The third kappa shape index (κ3) is 5.02. The van der Waals surface area contributed by atoms with Crippen LogP contribution < -0.4 is 14.5 Å². The number of phenols is 1. The lowest BCUT2D eigenvalue weighted by Crippen LogP contribution is -2.49. The normalized spacial score (nSPS) is 28.0. The molecule has 3 aromatic carbocycles. The zero-order chi connectivity index (χ0) is 35.2. The van der Waals surface area contributed by atoms with Gasteiger partial charge in [0.25, 0.3) is 0 Å². The largest absolute Gasteiger partial charge is 0.573 e. The Labute approximate surface area is 282 Å². The highest BCUT2D eigenvalue weighted by atomic mass is 35.5. The molecule has 0 spiro atoms. The van der Waals surface area contributed by atoms with E-state index in [1.54, 1.807) is 18.2 Å². The molecule has 49 heavy (non-hydrogen) atoms. The zero-order valence-corrected chi connectivity index (χ0v) is 26.9. The van der Waals surface area contributed by atoms with Gasteiger partial charge >= 0.3 is 6.36 Å². The Balaban J connectivity index is 1.37. The topological polar surface area (TPSA) is 104 Å². The monoisotopic (exact) mass is 696 g/mol. The molecule has 2 saturated heterocycles. The number of carbonyl (C=O) groups excluding carboxylic acids is 4. The molecule has 4 amide bonds. The molecule has 0 aromatic heterocycles. The lowest BCUT2D eigenvalue weighted by Gasteiger charge is -2.49. The number of rotatable bonds is 5. The summed E-state index contributed by atoms with van der Waals surface area (Å²) in [5, 5.41) is 10.8. The number of alkyl halides is 3. The van der Waals surface area contributed by atoms with Crippen molar-refractivity contribution in [3.63, 3.8) is 0 Å². The first-order chi connectivity index (χ1) is 23.1. The molecular weight excluding hydrogens is 668 g/mol. The molecule has 8 nitrogen and oxygen atoms in total. The molecule has 2 heterocycles. The Kier molecular flexibility index (Phi) is 7.66. The van der Waals surface area contributed by atoms with Gasteiger partial charge in [-0.3, -0.25) is 24.1 Å². The molecule has 7 rings (SSSR count). The van der Waals surface area contributed by atoms with E-state index in [-0.39, 0.29) is 29.1 Å². The number of aromatic hydroxyl groups is 1. The number of allylic oxidation sites excluding steroid dienone is 2. The van der Waals surface area contributed by atoms with Crippen molar-refractivity contribution in [3.05, 3.63) is 94.3 Å². The third-order valence-corrected chi connectivity index (χ3v) is 10.9. The van der Waals surface area contributed by atoms with Gasteiger partial charge in [-0.25, -0.2) is 9.29 Å². The Bertz CT molecular complexity index is 1960. The molecule has 0 bridgehead atoms. The lowest BCUT2D eigenvalue weighted by atomic mass is 9.51. The second-order valence-corrected chi connectivity index (χ2v) is 13.5. The van der Waals surface area contributed by atoms with Crippen molar-refractivity contribution < 1.29 is 46.6 Å². The molecule has 1 saturated carbocycles. The number of aryl methyl sites for hydroxylation is 1. The average Bonchev–Trinajstić information content (AvgIpc) is 3.42. The number of ether oxygens (including phenoxy) is 1. The maximum atomic E-state index is 14.5. The van der Waals surface area contributed by atoms with Crippen molar-refractivity contribution in [2.75, 3.05) is 9.80 Å². The predicted molar refractivity (Wildman–Crippen MR) is 169 cm³/mol. The van der Waals surface area contributed by atoms with E-state index < -0.39 is 82.3 Å². The van der Waals surface area contributed by atoms with Crippen molar-refractivity contribution in [2.24, 2.45) is 29.1 Å². The summed E-state index contributed by atoms with van der Waals surface area (Å²) in [6.07, 6.45) is -2.57. The quantitative estimate of drug-likeness (QED) is 0.174. The fraction of sp³-hybridized carbons (Fsp3) is 0.333. The number of halogens is 5. The fourth-order valence-corrected chi connectivity index (χ4v) is 8.50. The number of benzene rings is 3. The van der Waals surface area contributed by atoms with Crippen LogP contribution in [0.5, 0.6) is 11.5 Å². The SMILES string of the molecule is CCc1ccc(N2C(=O)[C@H]3[C@H](CC=C4[C@H]3C[C@H]3C(=O)N(c5ccc(F)c(Cl)c5)C(=O)[C@@]3(C)[C@H]4c3cc(OC(F)(F)F)ccc3O)C2=O)cc1. The van der Waals surface area contributed by atoms with Crippen molar-refractivity contribution in [1.82, 2.24) is 0 Å². The number of hydrogen-bond acceptors (Lipinski definition) is 6. The van der Waals surface area contributed by atoms with Gasteiger partial charge < -0.3 is 9.84 Å². The molecule has 0 unspecified atom stereocenters. The Morgan fingerprint density at radius 2 is 1.61 bits per heavy atom. The van der Waals surface area contributed by atoms with Crippen LogP contribution in [0.15, 0.2) is 72.3 Å². The molecule has 254 valence electrons. The van der Waals surface area contributed by atoms with Crippen LogP contribution in [0.2, 0.25) is 5.02 Å². The summed E-state index contributed by atoms with van der Waals surface area (Å²) in [4.78, 5) is 58.8. The van der Waals surface area contributed by atoms with E-state index in [9.17, 15) is 41.8 Å². The highest BCUT2D eigenvalue weighted by Crippen LogP contribution is 2.64. The molecule has 1 N–H and O–H groups in total. The molecule has 0 radical (unpaired) electrons. The van der Waals surface area contributed by atoms with Crippen LogP contribution >= 0.6 is 11.6 Å². The zero-order valence-electron chi connectivity index (χ0n) is 26.1. The molecule has 3 fully saturated rings. The highest BCUT2D eigenvalue weighted by molar-refractivity contribution is 6.32. The van der Waals surface area contributed by atoms with E-state index in [0.29, 0.717) is 11.3 Å². The molecule has 13 heteroatoms. The van der Waals surface area contributed by atoms with Crippen molar-refractivity contribution >= 4 is 46.6 Å². The first kappa shape index (κ1) is 32.8. The number of amides is 4. The predicted octanol–water partition coefficient (Wildman–Crippen LogP) is 7.08. The van der Waals surface area contributed by atoms with Gasteiger partial charge in [0.1, 0.15) is 17.3 Å². The number of carbonyl (C=O) groups is 4. The minimum atomic E-state index is -5.07. The van der Waals surface area contributed by atoms with Crippen molar-refractivity contribution in [2.45, 2.75) is 45.4 Å². The van der Waals surface area contributed by atoms with Crippen LogP contribution in [0.3, 0.4) is 0 Å². The number of fused-ring (bicyclic) bond motifs is 4. The second-order valence-electron chi connectivity index (χ2n) is 13.1. The lowest BCUT2D eigenvalue weighted by molar-refractivity contribution is -0.274. The minimum Gasteiger partial charge on any atom is -0.508 e. The highest BCUT2D eigenvalue weighted by Gasteiger charge is 2.68. The average molecular weight is 697 g/mol. The first-order valence-corrected chi connectivity index (χ1v) is 16.1. The number of hydrogen-bond donors (Lipinski definition) is 1. The maximum absolute atomic E-state index is 14.5. The minimum absolute atomic E-state index is 0.0159. The molecule has 6 atom stereocenters. The van der Waals surface area contributed by atoms with E-state index in [0.717, 1.165) is 52.1 Å². The smallest absolute Gasteiger partial charge is 0.508 e. The number of imide groups is 2. The molecule has 4 aliphatic rings. The van der Waals surface area contributed by atoms with Crippen LogP contribution in [-0.2, 0) is 25.6 Å². The number of nitrogens with zero attached hydrogens (tertiary/aromatic N) is 2. The standard InChI is InChI=1S/C36H29ClF4N2O6/c1-3-17-4-6-18(7-5-17)42-31(45)22-11-10-21-23(29(22)33(42)47)16-25-32(46)43(19-8-12-27(38)26(37)14-19)34(48)35(25,2)30(21)24-15-20(9-13-28(24)44)49-36(39,40)41/h4-10,12-15,22-23,25,29-30,44H,3,11,16H2,1-2H3/t22-,23+,25-,29-,30+,35+/m0/s1. The molecule has 3 aromatic rings. The van der Waals surface area contributed by atoms with E-state index in [4.69, 9.17) is 11.6 Å². The number of anilines is 2. The fourth-order valence-electron chi connectivity index (χ4n) is 8.33.